The molecule has 0 unspecified atom stereocenters. The number of carboxylic acids is 1. The van der Waals surface area contributed by atoms with E-state index >= 15 is 0 Å². The standard InChI is InChI=1S/C13H18N4O3/c18-12(9-17-6-1-4-14-5-7-17)16-10-2-3-11(13(19)20)15-8-10/h2-3,8,14H,1,4-7,9H2,(H,16,18)(H,19,20). The van der Waals surface area contributed by atoms with Crippen LogP contribution in [-0.4, -0.2) is 59.6 Å². The zero-order valence-corrected chi connectivity index (χ0v) is 11.1. The third-order valence-corrected chi connectivity index (χ3v) is 3.07. The lowest BCUT2D eigenvalue weighted by molar-refractivity contribution is -0.117. The first-order valence-corrected chi connectivity index (χ1v) is 6.57. The molecule has 0 saturated carbocycles. The van der Waals surface area contributed by atoms with E-state index in [9.17, 15) is 9.59 Å². The van der Waals surface area contributed by atoms with Gasteiger partial charge in [-0.3, -0.25) is 9.69 Å². The van der Waals surface area contributed by atoms with E-state index in [1.54, 1.807) is 6.07 Å². The maximum absolute atomic E-state index is 11.9. The van der Waals surface area contributed by atoms with Crippen LogP contribution in [0.4, 0.5) is 5.69 Å². The van der Waals surface area contributed by atoms with Crippen molar-refractivity contribution in [3.8, 4) is 0 Å². The van der Waals surface area contributed by atoms with Gasteiger partial charge in [-0.2, -0.15) is 0 Å². The highest BCUT2D eigenvalue weighted by atomic mass is 16.4. The average molecular weight is 278 g/mol. The molecule has 7 heteroatoms. The number of pyridine rings is 1. The van der Waals surface area contributed by atoms with E-state index in [1.165, 1.54) is 12.3 Å². The van der Waals surface area contributed by atoms with Gasteiger partial charge in [-0.25, -0.2) is 9.78 Å². The molecular formula is C13H18N4O3. The Bertz CT molecular complexity index is 467. The predicted molar refractivity (Wildman–Crippen MR) is 73.8 cm³/mol. The van der Waals surface area contributed by atoms with Crippen molar-refractivity contribution in [2.45, 2.75) is 6.42 Å². The van der Waals surface area contributed by atoms with Crippen LogP contribution in [-0.2, 0) is 4.79 Å². The van der Waals surface area contributed by atoms with Gasteiger partial charge in [0.05, 0.1) is 18.4 Å². The first kappa shape index (κ1) is 14.4. The van der Waals surface area contributed by atoms with E-state index in [0.29, 0.717) is 12.2 Å². The van der Waals surface area contributed by atoms with Crippen LogP contribution in [0.15, 0.2) is 18.3 Å². The van der Waals surface area contributed by atoms with Crippen molar-refractivity contribution >= 4 is 17.6 Å². The Balaban J connectivity index is 1.85. The molecule has 0 radical (unpaired) electrons. The van der Waals surface area contributed by atoms with Crippen molar-refractivity contribution in [3.05, 3.63) is 24.0 Å². The summed E-state index contributed by atoms with van der Waals surface area (Å²) < 4.78 is 0. The number of nitrogens with one attached hydrogen (secondary N) is 2. The molecule has 0 bridgehead atoms. The minimum atomic E-state index is -1.08. The molecule has 1 aliphatic heterocycles. The molecule has 1 aromatic rings. The smallest absolute Gasteiger partial charge is 0.354 e. The Morgan fingerprint density at radius 1 is 1.35 bits per heavy atom. The molecule has 2 rings (SSSR count). The first-order valence-electron chi connectivity index (χ1n) is 6.57. The molecule has 20 heavy (non-hydrogen) atoms. The van der Waals surface area contributed by atoms with Gasteiger partial charge in [-0.1, -0.05) is 0 Å². The summed E-state index contributed by atoms with van der Waals surface area (Å²) in [6, 6.07) is 2.91. The molecule has 7 nitrogen and oxygen atoms in total. The number of amides is 1. The maximum atomic E-state index is 11.9. The Morgan fingerprint density at radius 2 is 2.20 bits per heavy atom. The number of rotatable bonds is 4. The third kappa shape index (κ3) is 4.29. The van der Waals surface area contributed by atoms with Crippen molar-refractivity contribution in [3.63, 3.8) is 0 Å². The van der Waals surface area contributed by atoms with Crippen LogP contribution in [0.2, 0.25) is 0 Å². The van der Waals surface area contributed by atoms with E-state index < -0.39 is 5.97 Å². The number of aromatic nitrogens is 1. The van der Waals surface area contributed by atoms with Crippen molar-refractivity contribution in [2.75, 3.05) is 38.0 Å². The lowest BCUT2D eigenvalue weighted by atomic mass is 10.3. The minimum Gasteiger partial charge on any atom is -0.477 e. The molecule has 1 aromatic heterocycles. The number of hydrogen-bond acceptors (Lipinski definition) is 5. The molecule has 0 atom stereocenters. The number of anilines is 1. The molecule has 2 heterocycles. The van der Waals surface area contributed by atoms with Gasteiger partial charge in [-0.15, -0.1) is 0 Å². The molecule has 0 aromatic carbocycles. The molecule has 1 amide bonds. The normalized spacial score (nSPS) is 16.4. The van der Waals surface area contributed by atoms with E-state index in [2.05, 4.69) is 20.5 Å². The van der Waals surface area contributed by atoms with Crippen molar-refractivity contribution in [2.24, 2.45) is 0 Å². The van der Waals surface area contributed by atoms with Gasteiger partial charge in [0.25, 0.3) is 0 Å². The minimum absolute atomic E-state index is 0.0402. The average Bonchev–Trinajstić information content (AvgIpc) is 2.68. The van der Waals surface area contributed by atoms with Crippen molar-refractivity contribution in [1.82, 2.24) is 15.2 Å². The summed E-state index contributed by atoms with van der Waals surface area (Å²) in [4.78, 5) is 28.4. The Labute approximate surface area is 117 Å². The Kier molecular flexibility index (Phi) is 5.03. The van der Waals surface area contributed by atoms with Crippen LogP contribution in [0.25, 0.3) is 0 Å². The van der Waals surface area contributed by atoms with Crippen LogP contribution < -0.4 is 10.6 Å². The second-order valence-corrected chi connectivity index (χ2v) is 4.67. The van der Waals surface area contributed by atoms with E-state index in [0.717, 1.165) is 32.6 Å². The fourth-order valence-electron chi connectivity index (χ4n) is 2.06. The summed E-state index contributed by atoms with van der Waals surface area (Å²) in [6.07, 6.45) is 2.38. The predicted octanol–water partition coefficient (Wildman–Crippen LogP) is 0.0136. The van der Waals surface area contributed by atoms with Gasteiger partial charge in [0.1, 0.15) is 5.69 Å². The molecule has 108 valence electrons. The first-order chi connectivity index (χ1) is 9.65. The lowest BCUT2D eigenvalue weighted by Crippen LogP contribution is -2.35. The second kappa shape index (κ2) is 6.97. The van der Waals surface area contributed by atoms with Gasteiger partial charge in [0.15, 0.2) is 0 Å². The van der Waals surface area contributed by atoms with Crippen LogP contribution in [0, 0.1) is 0 Å². The fraction of sp³-hybridized carbons (Fsp3) is 0.462. The van der Waals surface area contributed by atoms with E-state index in [-0.39, 0.29) is 11.6 Å². The van der Waals surface area contributed by atoms with Crippen molar-refractivity contribution in [1.29, 1.82) is 0 Å². The largest absolute Gasteiger partial charge is 0.477 e. The molecule has 1 fully saturated rings. The number of carbonyl (C=O) groups excluding carboxylic acids is 1. The van der Waals surface area contributed by atoms with Gasteiger partial charge in [-0.05, 0) is 31.6 Å². The van der Waals surface area contributed by atoms with Crippen LogP contribution in [0.1, 0.15) is 16.9 Å². The lowest BCUT2D eigenvalue weighted by Gasteiger charge is -2.18. The fourth-order valence-corrected chi connectivity index (χ4v) is 2.06. The number of nitrogens with zero attached hydrogens (tertiary/aromatic N) is 2. The monoisotopic (exact) mass is 278 g/mol. The van der Waals surface area contributed by atoms with Crippen molar-refractivity contribution < 1.29 is 14.7 Å². The van der Waals surface area contributed by atoms with E-state index in [4.69, 9.17) is 5.11 Å². The van der Waals surface area contributed by atoms with Crippen LogP contribution >= 0.6 is 0 Å². The number of carboxylic acid groups (broad SMARTS) is 1. The highest BCUT2D eigenvalue weighted by Gasteiger charge is 2.13. The van der Waals surface area contributed by atoms with Gasteiger partial charge in [0.2, 0.25) is 5.91 Å². The SMILES string of the molecule is O=C(CN1CCCNCC1)Nc1ccc(C(=O)O)nc1. The van der Waals surface area contributed by atoms with Crippen LogP contribution in [0.5, 0.6) is 0 Å². The summed E-state index contributed by atoms with van der Waals surface area (Å²) in [6.45, 7) is 3.96. The molecular weight excluding hydrogens is 260 g/mol. The summed E-state index contributed by atoms with van der Waals surface area (Å²) in [5, 5.41) is 14.7. The highest BCUT2D eigenvalue weighted by molar-refractivity contribution is 5.92. The van der Waals surface area contributed by atoms with Crippen LogP contribution in [0.3, 0.4) is 0 Å². The Hall–Kier alpha value is -1.99. The molecule has 0 aliphatic carbocycles. The maximum Gasteiger partial charge on any atom is 0.354 e. The highest BCUT2D eigenvalue weighted by Crippen LogP contribution is 2.06. The zero-order chi connectivity index (χ0) is 14.4. The number of carbonyl (C=O) groups is 2. The number of aromatic carboxylic acids is 1. The summed E-state index contributed by atoms with van der Waals surface area (Å²) in [7, 11) is 0. The molecule has 1 aliphatic rings. The topological polar surface area (TPSA) is 94.6 Å². The summed E-state index contributed by atoms with van der Waals surface area (Å²) in [5.74, 6) is -1.20. The van der Waals surface area contributed by atoms with Gasteiger partial charge < -0.3 is 15.7 Å². The molecule has 1 saturated heterocycles. The third-order valence-electron chi connectivity index (χ3n) is 3.07. The summed E-state index contributed by atoms with van der Waals surface area (Å²) in [5.41, 5.74) is 0.467. The zero-order valence-electron chi connectivity index (χ0n) is 11.1. The van der Waals surface area contributed by atoms with Gasteiger partial charge >= 0.3 is 5.97 Å². The quantitative estimate of drug-likeness (QED) is 0.718. The Morgan fingerprint density at radius 3 is 2.90 bits per heavy atom. The van der Waals surface area contributed by atoms with E-state index in [1.807, 2.05) is 0 Å². The van der Waals surface area contributed by atoms with Gasteiger partial charge in [0, 0.05) is 13.1 Å². The molecule has 3 N–H and O–H groups in total. The molecule has 0 spiro atoms. The second-order valence-electron chi connectivity index (χ2n) is 4.67. The summed E-state index contributed by atoms with van der Waals surface area (Å²) >= 11 is 0. The number of hydrogen-bond donors (Lipinski definition) is 3.